The third kappa shape index (κ3) is 7.45. The second-order valence-electron chi connectivity index (χ2n) is 10.6. The molecule has 2 aliphatic heterocycles. The number of fused-ring (bicyclic) bond motifs is 1. The highest BCUT2D eigenvalue weighted by Gasteiger charge is 2.38. The first kappa shape index (κ1) is 33.6. The minimum Gasteiger partial charge on any atom is -0.486 e. The maximum atomic E-state index is 13.9. The molecule has 1 amide bonds. The Morgan fingerprint density at radius 3 is 2.35 bits per heavy atom. The van der Waals surface area contributed by atoms with Crippen molar-refractivity contribution in [3.63, 3.8) is 0 Å². The first-order valence-corrected chi connectivity index (χ1v) is 15.9. The summed E-state index contributed by atoms with van der Waals surface area (Å²) in [5, 5.41) is -0.157. The van der Waals surface area contributed by atoms with E-state index in [9.17, 15) is 39.6 Å². The topological polar surface area (TPSA) is 76.2 Å². The molecule has 0 aliphatic carbocycles. The van der Waals surface area contributed by atoms with E-state index in [1.165, 1.54) is 36.4 Å². The Labute approximate surface area is 266 Å². The Morgan fingerprint density at radius 2 is 1.65 bits per heavy atom. The van der Waals surface area contributed by atoms with Crippen LogP contribution in [0.25, 0.3) is 12.2 Å². The third-order valence-corrected chi connectivity index (χ3v) is 9.61. The van der Waals surface area contributed by atoms with E-state index < -0.39 is 44.5 Å². The van der Waals surface area contributed by atoms with E-state index in [4.69, 9.17) is 21.1 Å². The monoisotopic (exact) mass is 688 g/mol. The molecule has 1 saturated heterocycles. The highest BCUT2D eigenvalue weighted by molar-refractivity contribution is 7.92. The van der Waals surface area contributed by atoms with Gasteiger partial charge in [-0.2, -0.15) is 26.3 Å². The molecule has 2 heterocycles. The van der Waals surface area contributed by atoms with Gasteiger partial charge < -0.3 is 14.4 Å². The molecular weight excluding hydrogens is 662 g/mol. The van der Waals surface area contributed by atoms with Crippen LogP contribution in [0, 0.1) is 0 Å². The van der Waals surface area contributed by atoms with Crippen molar-refractivity contribution >= 4 is 45.4 Å². The lowest BCUT2D eigenvalue weighted by Gasteiger charge is -2.36. The zero-order valence-corrected chi connectivity index (χ0v) is 25.5. The number of carbonyl (C=O) groups excluding carboxylic acids is 1. The van der Waals surface area contributed by atoms with E-state index in [2.05, 4.69) is 0 Å². The van der Waals surface area contributed by atoms with Crippen molar-refractivity contribution in [2.75, 3.05) is 37.2 Å². The molecule has 3 aromatic rings. The summed E-state index contributed by atoms with van der Waals surface area (Å²) in [4.78, 5) is 13.8. The number of ether oxygens (including phenoxy) is 2. The number of benzene rings is 3. The fourth-order valence-electron chi connectivity index (χ4n) is 5.16. The molecule has 0 unspecified atom stereocenters. The molecule has 0 aromatic heterocycles. The highest BCUT2D eigenvalue weighted by atomic mass is 35.5. The van der Waals surface area contributed by atoms with Crippen LogP contribution in [-0.4, -0.2) is 58.2 Å². The van der Waals surface area contributed by atoms with Crippen LogP contribution in [0.4, 0.5) is 32.0 Å². The van der Waals surface area contributed by atoms with Crippen molar-refractivity contribution < 1.29 is 49.0 Å². The van der Waals surface area contributed by atoms with Crippen molar-refractivity contribution in [1.29, 1.82) is 0 Å². The number of anilines is 1. The largest absolute Gasteiger partial charge is 0.486 e. The van der Waals surface area contributed by atoms with Gasteiger partial charge in [0, 0.05) is 30.1 Å². The van der Waals surface area contributed by atoms with Gasteiger partial charge in [0.05, 0.1) is 41.5 Å². The molecule has 0 radical (unpaired) electrons. The van der Waals surface area contributed by atoms with Crippen molar-refractivity contribution in [3.8, 4) is 5.75 Å². The van der Waals surface area contributed by atoms with Gasteiger partial charge >= 0.3 is 12.4 Å². The average molecular weight is 689 g/mol. The summed E-state index contributed by atoms with van der Waals surface area (Å²) < 4.78 is 121. The number of rotatable bonds is 7. The maximum absolute atomic E-state index is 13.9. The number of carbonyl (C=O) groups is 1. The van der Waals surface area contributed by atoms with Crippen LogP contribution in [0.15, 0.2) is 65.6 Å². The molecule has 0 spiro atoms. The van der Waals surface area contributed by atoms with Crippen molar-refractivity contribution in [1.82, 2.24) is 4.90 Å². The smallest absolute Gasteiger partial charge is 0.417 e. The molecule has 46 heavy (non-hydrogen) atoms. The van der Waals surface area contributed by atoms with Gasteiger partial charge in [0.1, 0.15) is 11.9 Å². The predicted molar refractivity (Wildman–Crippen MR) is 159 cm³/mol. The summed E-state index contributed by atoms with van der Waals surface area (Å²) in [5.74, 6) is -0.111. The molecule has 7 nitrogen and oxygen atoms in total. The summed E-state index contributed by atoms with van der Waals surface area (Å²) in [6.45, 7) is 1.29. The normalized spacial score (nSPS) is 17.6. The summed E-state index contributed by atoms with van der Waals surface area (Å²) in [7, 11) is -4.62. The number of morpholine rings is 1. The summed E-state index contributed by atoms with van der Waals surface area (Å²) >= 11 is 6.06. The molecule has 3 aromatic carbocycles. The summed E-state index contributed by atoms with van der Waals surface area (Å²) in [6.07, 6.45) is -7.75. The fraction of sp³-hybridized carbons (Fsp3) is 0.323. The molecule has 2 aliphatic rings. The van der Waals surface area contributed by atoms with E-state index in [1.807, 2.05) is 0 Å². The van der Waals surface area contributed by atoms with E-state index in [0.29, 0.717) is 32.4 Å². The zero-order chi connectivity index (χ0) is 33.3. The highest BCUT2D eigenvalue weighted by Crippen LogP contribution is 2.41. The summed E-state index contributed by atoms with van der Waals surface area (Å²) in [6, 6.07) is 10.9. The van der Waals surface area contributed by atoms with Gasteiger partial charge in [-0.1, -0.05) is 42.0 Å². The van der Waals surface area contributed by atoms with Gasteiger partial charge in [-0.05, 0) is 54.4 Å². The quantitative estimate of drug-likeness (QED) is 0.195. The number of amides is 1. The lowest BCUT2D eigenvalue weighted by Crippen LogP contribution is -2.45. The van der Waals surface area contributed by atoms with Crippen LogP contribution in [0.2, 0.25) is 5.02 Å². The molecular formula is C31H27ClF6N2O5S. The molecule has 246 valence electrons. The van der Waals surface area contributed by atoms with Crippen LogP contribution in [0.1, 0.15) is 35.1 Å². The van der Waals surface area contributed by atoms with Gasteiger partial charge in [0.25, 0.3) is 10.0 Å². The molecule has 0 N–H and O–H groups in total. The number of hydrogen-bond acceptors (Lipinski definition) is 5. The number of alkyl halides is 6. The van der Waals surface area contributed by atoms with Crippen molar-refractivity contribution in [2.45, 2.75) is 36.2 Å². The minimum absolute atomic E-state index is 0.0254. The number of nitrogens with zero attached hydrogens (tertiary/aromatic N) is 2. The lowest BCUT2D eigenvalue weighted by molar-refractivity contribution is -0.138. The minimum atomic E-state index is -4.80. The van der Waals surface area contributed by atoms with E-state index >= 15 is 0 Å². The van der Waals surface area contributed by atoms with Crippen LogP contribution in [-0.2, 0) is 31.9 Å². The van der Waals surface area contributed by atoms with Gasteiger partial charge in [-0.3, -0.25) is 9.10 Å². The fourth-order valence-corrected chi connectivity index (χ4v) is 6.94. The Bertz CT molecular complexity index is 1740. The van der Waals surface area contributed by atoms with Crippen LogP contribution >= 0.6 is 11.6 Å². The van der Waals surface area contributed by atoms with E-state index in [0.717, 1.165) is 34.6 Å². The Kier molecular flexibility index (Phi) is 9.62. The van der Waals surface area contributed by atoms with Gasteiger partial charge in [0.2, 0.25) is 5.91 Å². The Balaban J connectivity index is 1.50. The van der Waals surface area contributed by atoms with Gasteiger partial charge in [0.15, 0.2) is 0 Å². The molecule has 1 atom stereocenters. The van der Waals surface area contributed by atoms with Gasteiger partial charge in [-0.25, -0.2) is 8.42 Å². The predicted octanol–water partition coefficient (Wildman–Crippen LogP) is 7.14. The second-order valence-corrected chi connectivity index (χ2v) is 12.9. The molecule has 0 saturated carbocycles. The maximum Gasteiger partial charge on any atom is 0.417 e. The van der Waals surface area contributed by atoms with Crippen LogP contribution in [0.3, 0.4) is 0 Å². The Morgan fingerprint density at radius 1 is 0.935 bits per heavy atom. The third-order valence-electron chi connectivity index (χ3n) is 7.51. The molecule has 5 rings (SSSR count). The van der Waals surface area contributed by atoms with Crippen LogP contribution in [0.5, 0.6) is 5.75 Å². The first-order chi connectivity index (χ1) is 21.6. The molecule has 1 fully saturated rings. The standard InChI is InChI=1S/C31H27ClF6N2O5S/c32-26-6-2-5-25(31(36,37)38)24(26)10-7-20-8-11-28-27(17-20)40(46(42,43)23-4-1-3-21(18-23)30(33,34)35)19-22(45-28)9-12-29(41)39-13-15-44-16-14-39/h1-8,10-11,17-18,22H,9,12-16,19H2/b10-7+/t22-/m0/s1. The number of hydrogen-bond donors (Lipinski definition) is 0. The number of halogens is 7. The van der Waals surface area contributed by atoms with Gasteiger partial charge in [-0.15, -0.1) is 0 Å². The molecule has 0 bridgehead atoms. The van der Waals surface area contributed by atoms with Crippen molar-refractivity contribution in [3.05, 3.63) is 87.9 Å². The van der Waals surface area contributed by atoms with E-state index in [-0.39, 0.29) is 52.9 Å². The second kappa shape index (κ2) is 13.2. The summed E-state index contributed by atoms with van der Waals surface area (Å²) in [5.41, 5.74) is -2.21. The average Bonchev–Trinajstić information content (AvgIpc) is 3.02. The Hall–Kier alpha value is -3.75. The van der Waals surface area contributed by atoms with E-state index in [1.54, 1.807) is 4.90 Å². The SMILES string of the molecule is O=C(CC[C@H]1CN(S(=O)(=O)c2cccc(C(F)(F)F)c2)c2cc(/C=C/c3c(Cl)cccc3C(F)(F)F)ccc2O1)N1CCOCC1. The van der Waals surface area contributed by atoms with Crippen LogP contribution < -0.4 is 9.04 Å². The molecule has 15 heteroatoms. The van der Waals surface area contributed by atoms with Crippen molar-refractivity contribution in [2.24, 2.45) is 0 Å². The zero-order valence-electron chi connectivity index (χ0n) is 23.9. The lowest BCUT2D eigenvalue weighted by atomic mass is 10.0. The first-order valence-electron chi connectivity index (χ1n) is 14.0. The number of sulfonamides is 1.